The molecule has 0 aliphatic carbocycles. The second-order valence-corrected chi connectivity index (χ2v) is 9.70. The van der Waals surface area contributed by atoms with Crippen LogP contribution in [0.4, 0.5) is 11.6 Å². The van der Waals surface area contributed by atoms with Crippen molar-refractivity contribution in [2.45, 2.75) is 39.2 Å². The normalized spacial score (nSPS) is 15.4. The summed E-state index contributed by atoms with van der Waals surface area (Å²) in [6.45, 7) is 8.46. The Morgan fingerprint density at radius 3 is 2.31 bits per heavy atom. The zero-order valence-electron chi connectivity index (χ0n) is 20.3. The molecule has 0 radical (unpaired) electrons. The number of pyridine rings is 1. The first-order chi connectivity index (χ1) is 16.8. The lowest BCUT2D eigenvalue weighted by molar-refractivity contribution is -0.113. The minimum absolute atomic E-state index is 0.0649. The van der Waals surface area contributed by atoms with Crippen molar-refractivity contribution < 1.29 is 4.79 Å². The molecule has 1 aliphatic heterocycles. The molecule has 1 atom stereocenters. The van der Waals surface area contributed by atoms with Crippen LogP contribution in [0.3, 0.4) is 0 Å². The number of aromatic nitrogens is 4. The molecule has 2 aromatic carbocycles. The number of anilines is 2. The lowest BCUT2D eigenvalue weighted by atomic mass is 9.87. The zero-order chi connectivity index (χ0) is 24.6. The second-order valence-electron chi connectivity index (χ2n) is 9.70. The Labute approximate surface area is 204 Å². The number of nitrogens with zero attached hydrogens (tertiary/aromatic N) is 4. The summed E-state index contributed by atoms with van der Waals surface area (Å²) >= 11 is 0. The molecule has 1 amide bonds. The van der Waals surface area contributed by atoms with E-state index < -0.39 is 6.04 Å². The molecular formula is C28H28N6O. The number of carbonyl (C=O) groups is 1. The van der Waals surface area contributed by atoms with Gasteiger partial charge >= 0.3 is 0 Å². The van der Waals surface area contributed by atoms with Crippen molar-refractivity contribution in [2.75, 3.05) is 10.6 Å². The number of para-hydroxylation sites is 1. The van der Waals surface area contributed by atoms with Crippen molar-refractivity contribution >= 4 is 17.5 Å². The highest BCUT2D eigenvalue weighted by Gasteiger charge is 2.34. The van der Waals surface area contributed by atoms with Gasteiger partial charge in [0.05, 0.1) is 5.57 Å². The van der Waals surface area contributed by atoms with Crippen LogP contribution in [-0.4, -0.2) is 25.7 Å². The monoisotopic (exact) mass is 464 g/mol. The summed E-state index contributed by atoms with van der Waals surface area (Å²) in [5, 5.41) is 11.2. The Hall–Kier alpha value is -4.26. The minimum atomic E-state index is -0.451. The van der Waals surface area contributed by atoms with E-state index in [4.69, 9.17) is 10.1 Å². The largest absolute Gasteiger partial charge is 0.328 e. The lowest BCUT2D eigenvalue weighted by Gasteiger charge is -2.28. The van der Waals surface area contributed by atoms with Crippen molar-refractivity contribution in [3.63, 3.8) is 0 Å². The fraction of sp³-hybridized carbons (Fsp3) is 0.214. The molecular weight excluding hydrogens is 436 g/mol. The summed E-state index contributed by atoms with van der Waals surface area (Å²) in [7, 11) is 0. The first-order valence-electron chi connectivity index (χ1n) is 11.6. The standard InChI is InChI=1S/C28H28N6O/c1-18-23(26(35)31-22-8-6-5-7-9-22)24(19-14-16-29-17-15-19)34-27(30-18)32-25(33-34)20-10-12-21(13-11-20)28(2,3)4/h5-17,24H,1-4H3,(H,31,35)(H,30,32,33). The first-order valence-corrected chi connectivity index (χ1v) is 11.6. The Morgan fingerprint density at radius 1 is 0.971 bits per heavy atom. The smallest absolute Gasteiger partial charge is 0.255 e. The van der Waals surface area contributed by atoms with Crippen molar-refractivity contribution in [1.82, 2.24) is 19.7 Å². The third kappa shape index (κ3) is 4.45. The number of benzene rings is 2. The van der Waals surface area contributed by atoms with E-state index >= 15 is 0 Å². The van der Waals surface area contributed by atoms with Crippen molar-refractivity contribution in [3.05, 3.63) is 102 Å². The predicted octanol–water partition coefficient (Wildman–Crippen LogP) is 5.57. The molecule has 1 aliphatic rings. The molecule has 7 nitrogen and oxygen atoms in total. The maximum atomic E-state index is 13.5. The van der Waals surface area contributed by atoms with Gasteiger partial charge in [-0.2, -0.15) is 4.98 Å². The van der Waals surface area contributed by atoms with E-state index in [0.717, 1.165) is 22.5 Å². The number of nitrogens with one attached hydrogen (secondary N) is 2. The summed E-state index contributed by atoms with van der Waals surface area (Å²) in [5.41, 5.74) is 5.17. The van der Waals surface area contributed by atoms with E-state index in [2.05, 4.69) is 48.5 Å². The quantitative estimate of drug-likeness (QED) is 0.413. The molecule has 35 heavy (non-hydrogen) atoms. The Bertz CT molecular complexity index is 1380. The molecule has 0 bridgehead atoms. The average molecular weight is 465 g/mol. The number of hydrogen-bond acceptors (Lipinski definition) is 5. The van der Waals surface area contributed by atoms with Crippen LogP contribution >= 0.6 is 0 Å². The maximum Gasteiger partial charge on any atom is 0.255 e. The van der Waals surface area contributed by atoms with Gasteiger partial charge in [-0.05, 0) is 47.7 Å². The molecule has 2 aromatic heterocycles. The molecule has 7 heteroatoms. The highest BCUT2D eigenvalue weighted by Crippen LogP contribution is 2.37. The van der Waals surface area contributed by atoms with Crippen LogP contribution in [-0.2, 0) is 10.2 Å². The third-order valence-corrected chi connectivity index (χ3v) is 6.16. The van der Waals surface area contributed by atoms with Crippen molar-refractivity contribution in [3.8, 4) is 11.4 Å². The van der Waals surface area contributed by atoms with E-state index in [0.29, 0.717) is 17.3 Å². The molecule has 3 heterocycles. The topological polar surface area (TPSA) is 84.7 Å². The molecule has 2 N–H and O–H groups in total. The number of allylic oxidation sites excluding steroid dienone is 1. The second kappa shape index (κ2) is 8.83. The van der Waals surface area contributed by atoms with Gasteiger partial charge in [-0.3, -0.25) is 9.78 Å². The molecule has 5 rings (SSSR count). The highest BCUT2D eigenvalue weighted by atomic mass is 16.1. The highest BCUT2D eigenvalue weighted by molar-refractivity contribution is 6.06. The molecule has 0 saturated heterocycles. The van der Waals surface area contributed by atoms with Crippen LogP contribution in [0.5, 0.6) is 0 Å². The van der Waals surface area contributed by atoms with E-state index in [9.17, 15) is 4.79 Å². The van der Waals surface area contributed by atoms with E-state index in [1.54, 1.807) is 17.1 Å². The van der Waals surface area contributed by atoms with Gasteiger partial charge in [0.2, 0.25) is 5.95 Å². The van der Waals surface area contributed by atoms with Crippen molar-refractivity contribution in [1.29, 1.82) is 0 Å². The maximum absolute atomic E-state index is 13.5. The third-order valence-electron chi connectivity index (χ3n) is 6.16. The summed E-state index contributed by atoms with van der Waals surface area (Å²) in [6.07, 6.45) is 3.45. The predicted molar refractivity (Wildman–Crippen MR) is 138 cm³/mol. The SMILES string of the molecule is CC1=C(C(=O)Nc2ccccc2)C(c2ccncc2)n2nc(-c3ccc(C(C)(C)C)cc3)nc2N1. The van der Waals surface area contributed by atoms with Gasteiger partial charge in [0, 0.05) is 29.3 Å². The number of hydrogen-bond donors (Lipinski definition) is 2. The van der Waals surface area contributed by atoms with E-state index in [1.165, 1.54) is 5.56 Å². The lowest BCUT2D eigenvalue weighted by Crippen LogP contribution is -2.31. The first kappa shape index (κ1) is 22.5. The molecule has 176 valence electrons. The molecule has 0 fully saturated rings. The van der Waals surface area contributed by atoms with Gasteiger partial charge in [0.1, 0.15) is 6.04 Å². The number of carbonyl (C=O) groups excluding carboxylic acids is 1. The fourth-order valence-corrected chi connectivity index (χ4v) is 4.26. The van der Waals surface area contributed by atoms with E-state index in [1.807, 2.05) is 61.5 Å². The minimum Gasteiger partial charge on any atom is -0.328 e. The number of rotatable bonds is 4. The zero-order valence-corrected chi connectivity index (χ0v) is 20.3. The molecule has 1 unspecified atom stereocenters. The summed E-state index contributed by atoms with van der Waals surface area (Å²) in [5.74, 6) is 1.00. The van der Waals surface area contributed by atoms with Crippen LogP contribution in [0.1, 0.15) is 44.9 Å². The van der Waals surface area contributed by atoms with Gasteiger partial charge in [0.25, 0.3) is 5.91 Å². The fourth-order valence-electron chi connectivity index (χ4n) is 4.26. The van der Waals surface area contributed by atoms with Crippen LogP contribution in [0, 0.1) is 0 Å². The number of amides is 1. The van der Waals surface area contributed by atoms with Gasteiger partial charge < -0.3 is 10.6 Å². The summed E-state index contributed by atoms with van der Waals surface area (Å²) in [4.78, 5) is 22.4. The molecule has 4 aromatic rings. The van der Waals surface area contributed by atoms with Crippen LogP contribution in [0.15, 0.2) is 90.4 Å². The van der Waals surface area contributed by atoms with E-state index in [-0.39, 0.29) is 11.3 Å². The molecule has 0 spiro atoms. The van der Waals surface area contributed by atoms with Gasteiger partial charge in [0.15, 0.2) is 5.82 Å². The Morgan fingerprint density at radius 2 is 1.66 bits per heavy atom. The Balaban J connectivity index is 1.55. The summed E-state index contributed by atoms with van der Waals surface area (Å²) in [6, 6.07) is 21.1. The van der Waals surface area contributed by atoms with Crippen molar-refractivity contribution in [2.24, 2.45) is 0 Å². The molecule has 0 saturated carbocycles. The average Bonchev–Trinajstić information content (AvgIpc) is 3.27. The van der Waals surface area contributed by atoms with Gasteiger partial charge in [-0.15, -0.1) is 5.10 Å². The van der Waals surface area contributed by atoms with Crippen LogP contribution in [0.2, 0.25) is 0 Å². The van der Waals surface area contributed by atoms with Gasteiger partial charge in [-0.25, -0.2) is 4.68 Å². The Kier molecular flexibility index (Phi) is 5.68. The number of fused-ring (bicyclic) bond motifs is 1. The van der Waals surface area contributed by atoms with Crippen LogP contribution in [0.25, 0.3) is 11.4 Å². The summed E-state index contributed by atoms with van der Waals surface area (Å²) < 4.78 is 1.79. The van der Waals surface area contributed by atoms with Crippen LogP contribution < -0.4 is 10.6 Å². The van der Waals surface area contributed by atoms with Gasteiger partial charge in [-0.1, -0.05) is 63.2 Å².